The molecule has 132 valence electrons. The average molecular weight is 355 g/mol. The summed E-state index contributed by atoms with van der Waals surface area (Å²) in [7, 11) is 1.28. The fraction of sp³-hybridized carbons (Fsp3) is 0.0625. The van der Waals surface area contributed by atoms with Gasteiger partial charge in [-0.2, -0.15) is 0 Å². The number of rotatable bonds is 5. The quantitative estimate of drug-likeness (QED) is 0.454. The third-order valence-corrected chi connectivity index (χ3v) is 3.35. The molecule has 0 saturated heterocycles. The third kappa shape index (κ3) is 3.75. The number of nitrogens with one attached hydrogen (secondary N) is 3. The zero-order valence-corrected chi connectivity index (χ0v) is 13.5. The molecule has 3 aromatic rings. The van der Waals surface area contributed by atoms with Crippen molar-refractivity contribution in [3.8, 4) is 11.4 Å². The largest absolute Gasteiger partial charge is 0.465 e. The summed E-state index contributed by atoms with van der Waals surface area (Å²) in [6, 6.07) is 9.40. The molecule has 0 atom stereocenters. The van der Waals surface area contributed by atoms with E-state index >= 15 is 0 Å². The van der Waals surface area contributed by atoms with E-state index in [-0.39, 0.29) is 5.82 Å². The highest BCUT2D eigenvalue weighted by atomic mass is 16.5. The molecule has 10 nitrogen and oxygen atoms in total. The fourth-order valence-corrected chi connectivity index (χ4v) is 2.03. The number of carbonyl (C=O) groups is 2. The van der Waals surface area contributed by atoms with Crippen LogP contribution in [0.3, 0.4) is 0 Å². The molecule has 26 heavy (non-hydrogen) atoms. The Labute approximate surface area is 146 Å². The zero-order valence-electron chi connectivity index (χ0n) is 13.5. The van der Waals surface area contributed by atoms with Crippen molar-refractivity contribution in [1.29, 1.82) is 0 Å². The van der Waals surface area contributed by atoms with Crippen molar-refractivity contribution in [3.05, 3.63) is 64.3 Å². The number of carbonyl (C=O) groups excluding carboxylic acids is 2. The summed E-state index contributed by atoms with van der Waals surface area (Å²) in [5.41, 5.74) is 6.39. The van der Waals surface area contributed by atoms with Crippen molar-refractivity contribution in [2.45, 2.75) is 0 Å². The van der Waals surface area contributed by atoms with Crippen molar-refractivity contribution >= 4 is 17.7 Å². The molecule has 0 spiro atoms. The molecule has 0 aliphatic heterocycles. The number of ether oxygens (including phenoxy) is 1. The summed E-state index contributed by atoms with van der Waals surface area (Å²) in [6.07, 6.45) is 1.33. The average Bonchev–Trinajstić information content (AvgIpc) is 3.12. The minimum absolute atomic E-state index is 0.273. The molecule has 0 aliphatic carbocycles. The van der Waals surface area contributed by atoms with Crippen LogP contribution in [0.2, 0.25) is 0 Å². The standard InChI is InChI=1S/C16H13N5O5/c1-25-15(23)11-6-7-12(17-8-11)19-20-14(22)10-4-2-9(3-5-10)13-18-16(24)26-21-13/h2-8H,1H3,(H,17,19)(H,20,22)(H,18,21,24). The number of anilines is 1. The van der Waals surface area contributed by atoms with Gasteiger partial charge in [0.25, 0.3) is 5.91 Å². The molecule has 0 fully saturated rings. The predicted molar refractivity (Wildman–Crippen MR) is 89.2 cm³/mol. The van der Waals surface area contributed by atoms with Crippen LogP contribution >= 0.6 is 0 Å². The first-order chi connectivity index (χ1) is 12.6. The molecule has 0 radical (unpaired) electrons. The van der Waals surface area contributed by atoms with Crippen LogP contribution in [0.4, 0.5) is 5.82 Å². The van der Waals surface area contributed by atoms with Crippen LogP contribution in [0.15, 0.2) is 51.9 Å². The second-order valence-electron chi connectivity index (χ2n) is 5.02. The summed E-state index contributed by atoms with van der Waals surface area (Å²) in [6.45, 7) is 0. The Balaban J connectivity index is 1.61. The number of pyridine rings is 1. The van der Waals surface area contributed by atoms with Gasteiger partial charge in [0.2, 0.25) is 0 Å². The van der Waals surface area contributed by atoms with Gasteiger partial charge in [-0.15, -0.1) is 0 Å². The van der Waals surface area contributed by atoms with Gasteiger partial charge in [-0.25, -0.2) is 14.6 Å². The molecular weight excluding hydrogens is 342 g/mol. The molecule has 0 aliphatic rings. The van der Waals surface area contributed by atoms with E-state index < -0.39 is 17.6 Å². The van der Waals surface area contributed by atoms with Gasteiger partial charge < -0.3 is 4.74 Å². The lowest BCUT2D eigenvalue weighted by Crippen LogP contribution is -2.29. The maximum atomic E-state index is 12.1. The van der Waals surface area contributed by atoms with Crippen molar-refractivity contribution < 1.29 is 18.8 Å². The number of methoxy groups -OCH3 is 1. The second kappa shape index (κ2) is 7.30. The Bertz CT molecular complexity index is 975. The molecule has 3 N–H and O–H groups in total. The number of hydrazine groups is 1. The number of nitrogens with zero attached hydrogens (tertiary/aromatic N) is 2. The van der Waals surface area contributed by atoms with E-state index in [2.05, 4.69) is 35.2 Å². The number of hydrogen-bond acceptors (Lipinski definition) is 8. The number of hydrogen-bond donors (Lipinski definition) is 3. The summed E-state index contributed by atoms with van der Waals surface area (Å²) in [5, 5.41) is 3.57. The molecule has 10 heteroatoms. The topological polar surface area (TPSA) is 139 Å². The van der Waals surface area contributed by atoms with Gasteiger partial charge in [0.15, 0.2) is 5.82 Å². The Hall–Kier alpha value is -3.95. The first-order valence-electron chi connectivity index (χ1n) is 7.34. The minimum Gasteiger partial charge on any atom is -0.465 e. The highest BCUT2D eigenvalue weighted by Crippen LogP contribution is 2.14. The molecule has 2 aromatic heterocycles. The molecule has 0 bridgehead atoms. The molecule has 1 amide bonds. The van der Waals surface area contributed by atoms with Gasteiger partial charge in [0.1, 0.15) is 5.82 Å². The zero-order chi connectivity index (χ0) is 18.5. The number of aromatic nitrogens is 3. The van der Waals surface area contributed by atoms with E-state index in [9.17, 15) is 14.4 Å². The molecule has 1 aromatic carbocycles. The molecule has 3 rings (SSSR count). The lowest BCUT2D eigenvalue weighted by atomic mass is 10.1. The van der Waals surface area contributed by atoms with Gasteiger partial charge in [0, 0.05) is 17.3 Å². The number of benzene rings is 1. The first kappa shape index (κ1) is 16.9. The summed E-state index contributed by atoms with van der Waals surface area (Å²) in [4.78, 5) is 40.8. The van der Waals surface area contributed by atoms with Crippen molar-refractivity contribution in [2.75, 3.05) is 12.5 Å². The predicted octanol–water partition coefficient (Wildman–Crippen LogP) is 0.968. The molecule has 0 unspecified atom stereocenters. The molecule has 0 saturated carbocycles. The lowest BCUT2D eigenvalue weighted by Gasteiger charge is -2.08. The van der Waals surface area contributed by atoms with Crippen LogP contribution in [0.5, 0.6) is 0 Å². The van der Waals surface area contributed by atoms with Crippen LogP contribution in [-0.4, -0.2) is 34.1 Å². The third-order valence-electron chi connectivity index (χ3n) is 3.35. The Kier molecular flexibility index (Phi) is 4.74. The van der Waals surface area contributed by atoms with Crippen LogP contribution in [0, 0.1) is 0 Å². The summed E-state index contributed by atoms with van der Waals surface area (Å²) < 4.78 is 9.00. The minimum atomic E-state index is -0.656. The summed E-state index contributed by atoms with van der Waals surface area (Å²) in [5.74, 6) is -0.930. The van der Waals surface area contributed by atoms with E-state index in [0.29, 0.717) is 22.5 Å². The maximum absolute atomic E-state index is 12.1. The summed E-state index contributed by atoms with van der Waals surface area (Å²) >= 11 is 0. The van der Waals surface area contributed by atoms with Crippen LogP contribution < -0.4 is 16.6 Å². The van der Waals surface area contributed by atoms with Gasteiger partial charge in [-0.3, -0.25) is 25.2 Å². The van der Waals surface area contributed by atoms with Gasteiger partial charge in [-0.1, -0.05) is 17.3 Å². The smallest absolute Gasteiger partial charge is 0.439 e. The number of amides is 1. The first-order valence-corrected chi connectivity index (χ1v) is 7.34. The van der Waals surface area contributed by atoms with Crippen molar-refractivity contribution in [3.63, 3.8) is 0 Å². The Morgan fingerprint density at radius 1 is 1.12 bits per heavy atom. The molecule has 2 heterocycles. The van der Waals surface area contributed by atoms with Crippen LogP contribution in [0.1, 0.15) is 20.7 Å². The number of H-pyrrole nitrogens is 1. The van der Waals surface area contributed by atoms with Crippen LogP contribution in [-0.2, 0) is 4.74 Å². The highest BCUT2D eigenvalue weighted by molar-refractivity contribution is 5.95. The number of aromatic amines is 1. The van der Waals surface area contributed by atoms with Gasteiger partial charge in [0.05, 0.1) is 12.7 Å². The Morgan fingerprint density at radius 3 is 2.42 bits per heavy atom. The van der Waals surface area contributed by atoms with Crippen molar-refractivity contribution in [2.24, 2.45) is 0 Å². The SMILES string of the molecule is COC(=O)c1ccc(NNC(=O)c2ccc(-c3noc(=O)[nH]3)cc2)nc1. The number of esters is 1. The van der Waals surface area contributed by atoms with Crippen LogP contribution in [0.25, 0.3) is 11.4 Å². The Morgan fingerprint density at radius 2 is 1.85 bits per heavy atom. The fourth-order valence-electron chi connectivity index (χ4n) is 2.03. The second-order valence-corrected chi connectivity index (χ2v) is 5.02. The van der Waals surface area contributed by atoms with E-state index in [1.807, 2.05) is 0 Å². The van der Waals surface area contributed by atoms with E-state index in [4.69, 9.17) is 0 Å². The lowest BCUT2D eigenvalue weighted by molar-refractivity contribution is 0.0600. The van der Waals surface area contributed by atoms with E-state index in [1.54, 1.807) is 24.3 Å². The highest BCUT2D eigenvalue weighted by Gasteiger charge is 2.09. The van der Waals surface area contributed by atoms with Gasteiger partial charge >= 0.3 is 11.7 Å². The maximum Gasteiger partial charge on any atom is 0.439 e. The monoisotopic (exact) mass is 355 g/mol. The molecular formula is C16H13N5O5. The van der Waals surface area contributed by atoms with Gasteiger partial charge in [-0.05, 0) is 24.3 Å². The van der Waals surface area contributed by atoms with Crippen molar-refractivity contribution in [1.82, 2.24) is 20.6 Å². The van der Waals surface area contributed by atoms with E-state index in [1.165, 1.54) is 25.4 Å². The normalized spacial score (nSPS) is 10.2. The van der Waals surface area contributed by atoms with E-state index in [0.717, 1.165) is 0 Å².